The lowest BCUT2D eigenvalue weighted by Gasteiger charge is -2.35. The van der Waals surface area contributed by atoms with Crippen molar-refractivity contribution in [2.24, 2.45) is 0 Å². The van der Waals surface area contributed by atoms with Crippen molar-refractivity contribution in [3.63, 3.8) is 0 Å². The first-order valence-corrected chi connectivity index (χ1v) is 12.7. The first-order valence-electron chi connectivity index (χ1n) is 11.9. The molecule has 0 aromatic carbocycles. The second kappa shape index (κ2) is 10.8. The monoisotopic (exact) mass is 518 g/mol. The quantitative estimate of drug-likeness (QED) is 0.528. The minimum Gasteiger partial charge on any atom is -0.460 e. The van der Waals surface area contributed by atoms with Crippen LogP contribution < -0.4 is 10.1 Å². The van der Waals surface area contributed by atoms with Crippen LogP contribution >= 0.6 is 11.3 Å². The highest BCUT2D eigenvalue weighted by Crippen LogP contribution is 2.36. The summed E-state index contributed by atoms with van der Waals surface area (Å²) >= 11 is 1.17. The van der Waals surface area contributed by atoms with E-state index in [1.165, 1.54) is 11.3 Å². The lowest BCUT2D eigenvalue weighted by Crippen LogP contribution is -2.43. The number of nitrogens with zero attached hydrogens (tertiary/aromatic N) is 3. The van der Waals surface area contributed by atoms with Crippen LogP contribution in [-0.4, -0.2) is 65.1 Å². The summed E-state index contributed by atoms with van der Waals surface area (Å²) in [4.78, 5) is 19.6. The third kappa shape index (κ3) is 7.63. The van der Waals surface area contributed by atoms with Crippen LogP contribution in [0.1, 0.15) is 54.1 Å². The first kappa shape index (κ1) is 25.9. The molecule has 0 atom stereocenters. The molecular formula is C23H30F4N4O3S. The summed E-state index contributed by atoms with van der Waals surface area (Å²) in [6.07, 6.45) is -0.519. The number of rotatable bonds is 8. The molecule has 7 nitrogen and oxygen atoms in total. The van der Waals surface area contributed by atoms with Crippen molar-refractivity contribution in [3.8, 4) is 5.19 Å². The highest BCUT2D eigenvalue weighted by atomic mass is 32.1. The van der Waals surface area contributed by atoms with Gasteiger partial charge in [-0.15, -0.1) is 0 Å². The van der Waals surface area contributed by atoms with Gasteiger partial charge >= 0.3 is 6.18 Å². The molecule has 0 spiro atoms. The number of amides is 1. The van der Waals surface area contributed by atoms with Crippen LogP contribution in [0.5, 0.6) is 5.19 Å². The predicted molar refractivity (Wildman–Crippen MR) is 121 cm³/mol. The van der Waals surface area contributed by atoms with Gasteiger partial charge in [-0.2, -0.15) is 13.2 Å². The van der Waals surface area contributed by atoms with Gasteiger partial charge < -0.3 is 19.5 Å². The van der Waals surface area contributed by atoms with E-state index in [9.17, 15) is 18.0 Å². The Balaban J connectivity index is 1.17. The van der Waals surface area contributed by atoms with Gasteiger partial charge in [0, 0.05) is 43.0 Å². The lowest BCUT2D eigenvalue weighted by atomic mass is 9.81. The Kier molecular flexibility index (Phi) is 7.99. The van der Waals surface area contributed by atoms with E-state index >= 15 is 4.39 Å². The van der Waals surface area contributed by atoms with Gasteiger partial charge in [-0.3, -0.25) is 4.79 Å². The fourth-order valence-electron chi connectivity index (χ4n) is 4.65. The molecule has 0 radical (unpaired) electrons. The van der Waals surface area contributed by atoms with Gasteiger partial charge in [-0.05, 0) is 45.4 Å². The number of fused-ring (bicyclic) bond motifs is 1. The molecule has 4 rings (SSSR count). The lowest BCUT2D eigenvalue weighted by molar-refractivity contribution is -0.153. The Morgan fingerprint density at radius 3 is 2.74 bits per heavy atom. The Labute approximate surface area is 205 Å². The molecule has 1 fully saturated rings. The second-order valence-electron chi connectivity index (χ2n) is 9.44. The molecule has 12 heteroatoms. The maximum Gasteiger partial charge on any atom is 0.422 e. The normalized spacial score (nSPS) is 23.5. The van der Waals surface area contributed by atoms with Gasteiger partial charge in [-0.1, -0.05) is 16.5 Å². The number of aromatic nitrogens is 2. The number of carbonyl (C=O) groups excluding carboxylic acids is 1. The largest absolute Gasteiger partial charge is 0.460 e. The number of ether oxygens (including phenoxy) is 1. The van der Waals surface area contributed by atoms with Gasteiger partial charge in [0.25, 0.3) is 5.19 Å². The Hall–Kier alpha value is -2.21. The number of nitrogens with one attached hydrogen (secondary N) is 1. The molecule has 0 bridgehead atoms. The highest BCUT2D eigenvalue weighted by molar-refractivity contribution is 7.13. The molecule has 35 heavy (non-hydrogen) atoms. The maximum absolute atomic E-state index is 15.4. The summed E-state index contributed by atoms with van der Waals surface area (Å²) in [6, 6.07) is 1.69. The van der Waals surface area contributed by atoms with Crippen molar-refractivity contribution in [1.29, 1.82) is 0 Å². The van der Waals surface area contributed by atoms with Crippen LogP contribution in [0.25, 0.3) is 0 Å². The van der Waals surface area contributed by atoms with E-state index in [2.05, 4.69) is 20.4 Å². The van der Waals surface area contributed by atoms with Crippen molar-refractivity contribution >= 4 is 17.2 Å². The van der Waals surface area contributed by atoms with Crippen LogP contribution in [0, 0.1) is 6.92 Å². The van der Waals surface area contributed by atoms with Crippen molar-refractivity contribution in [2.75, 3.05) is 26.2 Å². The average molecular weight is 519 g/mol. The smallest absolute Gasteiger partial charge is 0.422 e. The number of alkyl halides is 4. The van der Waals surface area contributed by atoms with Crippen molar-refractivity contribution in [3.05, 3.63) is 28.1 Å². The van der Waals surface area contributed by atoms with Crippen molar-refractivity contribution in [2.45, 2.75) is 76.2 Å². The van der Waals surface area contributed by atoms with Crippen molar-refractivity contribution in [1.82, 2.24) is 20.4 Å². The molecular weight excluding hydrogens is 488 g/mol. The topological polar surface area (TPSA) is 80.5 Å². The summed E-state index contributed by atoms with van der Waals surface area (Å²) in [7, 11) is 0. The van der Waals surface area contributed by atoms with E-state index in [0.717, 1.165) is 10.6 Å². The van der Waals surface area contributed by atoms with Crippen LogP contribution in [0.2, 0.25) is 0 Å². The highest BCUT2D eigenvalue weighted by Gasteiger charge is 2.36. The summed E-state index contributed by atoms with van der Waals surface area (Å²) in [5.74, 6) is 0.524. The van der Waals surface area contributed by atoms with Gasteiger partial charge in [0.1, 0.15) is 11.4 Å². The van der Waals surface area contributed by atoms with Crippen LogP contribution in [0.3, 0.4) is 0 Å². The molecule has 1 aliphatic carbocycles. The zero-order chi connectivity index (χ0) is 25.1. The molecule has 0 saturated heterocycles. The number of halogens is 4. The zero-order valence-electron chi connectivity index (χ0n) is 19.6. The molecule has 1 amide bonds. The fraction of sp³-hybridized carbons (Fsp3) is 0.696. The molecule has 1 saturated carbocycles. The van der Waals surface area contributed by atoms with Crippen LogP contribution in [0.4, 0.5) is 17.6 Å². The van der Waals surface area contributed by atoms with Gasteiger partial charge in [0.15, 0.2) is 6.61 Å². The maximum atomic E-state index is 15.4. The van der Waals surface area contributed by atoms with Gasteiger partial charge in [0.05, 0.1) is 17.8 Å². The van der Waals surface area contributed by atoms with Crippen LogP contribution in [0.15, 0.2) is 10.6 Å². The van der Waals surface area contributed by atoms with E-state index in [1.54, 1.807) is 13.0 Å². The third-order valence-corrected chi connectivity index (χ3v) is 7.65. The van der Waals surface area contributed by atoms with E-state index in [0.29, 0.717) is 76.0 Å². The Morgan fingerprint density at radius 1 is 1.31 bits per heavy atom. The molecule has 1 aliphatic heterocycles. The van der Waals surface area contributed by atoms with E-state index in [-0.39, 0.29) is 23.6 Å². The SMILES string of the molecule is Cc1cc(CC(=O)NC2CCC(F)(CCN3CCc4nc(OCC(F)(F)F)sc4CC3)CC2)no1. The number of hydrogen-bond donors (Lipinski definition) is 1. The third-order valence-electron chi connectivity index (χ3n) is 6.58. The fourth-order valence-corrected chi connectivity index (χ4v) is 5.59. The van der Waals surface area contributed by atoms with Crippen LogP contribution in [-0.2, 0) is 24.1 Å². The second-order valence-corrected chi connectivity index (χ2v) is 10.5. The summed E-state index contributed by atoms with van der Waals surface area (Å²) in [5, 5.41) is 6.87. The summed E-state index contributed by atoms with van der Waals surface area (Å²) in [5.41, 5.74) is 0.114. The number of hydrogen-bond acceptors (Lipinski definition) is 7. The van der Waals surface area contributed by atoms with E-state index in [1.807, 2.05) is 0 Å². The molecule has 3 heterocycles. The van der Waals surface area contributed by atoms with E-state index < -0.39 is 18.5 Å². The predicted octanol–water partition coefficient (Wildman–Crippen LogP) is 4.18. The summed E-state index contributed by atoms with van der Waals surface area (Å²) < 4.78 is 62.3. The first-order chi connectivity index (χ1) is 16.6. The van der Waals surface area contributed by atoms with Crippen molar-refractivity contribution < 1.29 is 31.6 Å². The minimum absolute atomic E-state index is 0.0339. The minimum atomic E-state index is -4.39. The number of aryl methyl sites for hydroxylation is 1. The number of thiazole rings is 1. The Bertz CT molecular complexity index is 976. The van der Waals surface area contributed by atoms with E-state index in [4.69, 9.17) is 9.26 Å². The summed E-state index contributed by atoms with van der Waals surface area (Å²) in [6.45, 7) is 2.45. The number of carbonyl (C=O) groups is 1. The molecule has 2 aromatic heterocycles. The molecule has 0 unspecified atom stereocenters. The van der Waals surface area contributed by atoms with Gasteiger partial charge in [-0.25, -0.2) is 9.37 Å². The van der Waals surface area contributed by atoms with Gasteiger partial charge in [0.2, 0.25) is 5.91 Å². The Morgan fingerprint density at radius 2 is 2.06 bits per heavy atom. The zero-order valence-corrected chi connectivity index (χ0v) is 20.4. The molecule has 2 aromatic rings. The molecule has 1 N–H and O–H groups in total. The molecule has 2 aliphatic rings. The standard InChI is InChI=1S/C23H30F4N4O3S/c1-15-12-17(30-34-15)13-20(32)28-16-2-6-22(24,7-3-16)8-11-31-9-4-18-19(5-10-31)35-21(29-18)33-14-23(25,26)27/h12,16H,2-11,13-14H2,1H3,(H,28,32). The molecule has 194 valence electrons. The average Bonchev–Trinajstić information content (AvgIpc) is 3.33.